The quantitative estimate of drug-likeness (QED) is 0.858. The highest BCUT2D eigenvalue weighted by Gasteiger charge is 2.11. The molecule has 21 heavy (non-hydrogen) atoms. The number of nitrogens with one attached hydrogen (secondary N) is 1. The molecule has 0 radical (unpaired) electrons. The molecule has 0 aliphatic carbocycles. The second kappa shape index (κ2) is 6.09. The van der Waals surface area contributed by atoms with E-state index < -0.39 is 15.7 Å². The Morgan fingerprint density at radius 2 is 2.05 bits per heavy atom. The summed E-state index contributed by atoms with van der Waals surface area (Å²) in [7, 11) is -1.87. The summed E-state index contributed by atoms with van der Waals surface area (Å²) in [6.07, 6.45) is 1.08. The number of aromatic nitrogens is 1. The molecule has 1 aromatic heterocycles. The van der Waals surface area contributed by atoms with Crippen LogP contribution < -0.4 is 10.1 Å². The molecule has 112 valence electrons. The van der Waals surface area contributed by atoms with Crippen LogP contribution in [0.25, 0.3) is 0 Å². The average Bonchev–Trinajstić information content (AvgIpc) is 2.45. The molecule has 0 spiro atoms. The minimum atomic E-state index is -3.38. The molecule has 0 aliphatic rings. The number of pyridine rings is 1. The zero-order valence-corrected chi connectivity index (χ0v) is 12.4. The first-order valence-electron chi connectivity index (χ1n) is 6.13. The van der Waals surface area contributed by atoms with Crippen LogP contribution >= 0.6 is 0 Å². The topological polar surface area (TPSA) is 68.3 Å². The van der Waals surface area contributed by atoms with Gasteiger partial charge in [-0.3, -0.25) is 0 Å². The van der Waals surface area contributed by atoms with Crippen LogP contribution in [0.4, 0.5) is 10.1 Å². The fraction of sp³-hybridized carbons (Fsp3) is 0.214. The van der Waals surface area contributed by atoms with Gasteiger partial charge >= 0.3 is 0 Å². The van der Waals surface area contributed by atoms with Crippen molar-refractivity contribution in [2.24, 2.45) is 0 Å². The Kier molecular flexibility index (Phi) is 4.42. The van der Waals surface area contributed by atoms with E-state index in [2.05, 4.69) is 10.3 Å². The van der Waals surface area contributed by atoms with E-state index in [4.69, 9.17) is 4.74 Å². The number of rotatable bonds is 5. The SMILES string of the molecule is COc1cccc(CNc2cc(S(C)(=O)=O)ccc2F)n1. The summed E-state index contributed by atoms with van der Waals surface area (Å²) in [5, 5.41) is 2.84. The van der Waals surface area contributed by atoms with E-state index in [-0.39, 0.29) is 17.1 Å². The van der Waals surface area contributed by atoms with E-state index in [0.29, 0.717) is 11.6 Å². The van der Waals surface area contributed by atoms with Crippen molar-refractivity contribution in [3.05, 3.63) is 47.9 Å². The second-order valence-electron chi connectivity index (χ2n) is 4.44. The van der Waals surface area contributed by atoms with Gasteiger partial charge in [-0.1, -0.05) is 6.07 Å². The Morgan fingerprint density at radius 1 is 1.29 bits per heavy atom. The largest absolute Gasteiger partial charge is 0.481 e. The van der Waals surface area contributed by atoms with Gasteiger partial charge in [-0.25, -0.2) is 17.8 Å². The van der Waals surface area contributed by atoms with Crippen molar-refractivity contribution in [3.8, 4) is 5.88 Å². The van der Waals surface area contributed by atoms with Crippen molar-refractivity contribution in [1.82, 2.24) is 4.98 Å². The number of sulfone groups is 1. The zero-order chi connectivity index (χ0) is 15.5. The molecule has 2 aromatic rings. The normalized spacial score (nSPS) is 11.2. The molecule has 0 amide bonds. The summed E-state index contributed by atoms with van der Waals surface area (Å²) in [6, 6.07) is 8.86. The van der Waals surface area contributed by atoms with E-state index in [1.807, 2.05) is 0 Å². The first-order valence-corrected chi connectivity index (χ1v) is 8.02. The highest BCUT2D eigenvalue weighted by atomic mass is 32.2. The van der Waals surface area contributed by atoms with E-state index >= 15 is 0 Å². The third-order valence-corrected chi connectivity index (χ3v) is 3.93. The Bertz CT molecular complexity index is 748. The molecular weight excluding hydrogens is 295 g/mol. The van der Waals surface area contributed by atoms with Crippen LogP contribution in [0.15, 0.2) is 41.3 Å². The van der Waals surface area contributed by atoms with Gasteiger partial charge in [0.05, 0.1) is 29.9 Å². The van der Waals surface area contributed by atoms with E-state index in [0.717, 1.165) is 12.3 Å². The van der Waals surface area contributed by atoms with Gasteiger partial charge in [0, 0.05) is 12.3 Å². The molecule has 0 saturated carbocycles. The molecule has 0 bridgehead atoms. The Balaban J connectivity index is 2.19. The Morgan fingerprint density at radius 3 is 2.71 bits per heavy atom. The van der Waals surface area contributed by atoms with Gasteiger partial charge in [-0.2, -0.15) is 0 Å². The lowest BCUT2D eigenvalue weighted by Gasteiger charge is -2.09. The molecule has 0 atom stereocenters. The lowest BCUT2D eigenvalue weighted by Crippen LogP contribution is -2.05. The monoisotopic (exact) mass is 310 g/mol. The van der Waals surface area contributed by atoms with Gasteiger partial charge in [-0.15, -0.1) is 0 Å². The maximum Gasteiger partial charge on any atom is 0.213 e. The minimum absolute atomic E-state index is 0.0602. The smallest absolute Gasteiger partial charge is 0.213 e. The molecule has 0 saturated heterocycles. The number of hydrogen-bond acceptors (Lipinski definition) is 5. The minimum Gasteiger partial charge on any atom is -0.481 e. The van der Waals surface area contributed by atoms with Gasteiger partial charge in [0.25, 0.3) is 0 Å². The number of nitrogens with zero attached hydrogens (tertiary/aromatic N) is 1. The summed E-state index contributed by atoms with van der Waals surface area (Å²) >= 11 is 0. The average molecular weight is 310 g/mol. The molecule has 1 heterocycles. The summed E-state index contributed by atoms with van der Waals surface area (Å²) in [6.45, 7) is 0.251. The zero-order valence-electron chi connectivity index (χ0n) is 11.6. The van der Waals surface area contributed by atoms with Gasteiger partial charge in [0.1, 0.15) is 5.82 Å². The highest BCUT2D eigenvalue weighted by molar-refractivity contribution is 7.90. The van der Waals surface area contributed by atoms with Crippen LogP contribution in [0.5, 0.6) is 5.88 Å². The van der Waals surface area contributed by atoms with E-state index in [9.17, 15) is 12.8 Å². The van der Waals surface area contributed by atoms with Crippen molar-refractivity contribution in [3.63, 3.8) is 0 Å². The van der Waals surface area contributed by atoms with Crippen molar-refractivity contribution < 1.29 is 17.5 Å². The lowest BCUT2D eigenvalue weighted by atomic mass is 10.3. The molecule has 0 aliphatic heterocycles. The number of methoxy groups -OCH3 is 1. The Hall–Kier alpha value is -2.15. The van der Waals surface area contributed by atoms with Crippen LogP contribution in [0.3, 0.4) is 0 Å². The van der Waals surface area contributed by atoms with Crippen LogP contribution in [-0.4, -0.2) is 26.8 Å². The van der Waals surface area contributed by atoms with Crippen molar-refractivity contribution in [1.29, 1.82) is 0 Å². The molecule has 1 aromatic carbocycles. The maximum absolute atomic E-state index is 13.7. The predicted octanol–water partition coefficient (Wildman–Crippen LogP) is 2.24. The van der Waals surface area contributed by atoms with Gasteiger partial charge in [0.2, 0.25) is 5.88 Å². The standard InChI is InChI=1S/C14H15FN2O3S/c1-20-14-5-3-4-10(17-14)9-16-13-8-11(21(2,18)19)6-7-12(13)15/h3-8,16H,9H2,1-2H3. The van der Waals surface area contributed by atoms with Crippen LogP contribution in [0.2, 0.25) is 0 Å². The Labute approximate surface area is 122 Å². The molecule has 7 heteroatoms. The number of hydrogen-bond donors (Lipinski definition) is 1. The summed E-state index contributed by atoms with van der Waals surface area (Å²) in [5.74, 6) is -0.0649. The fourth-order valence-electron chi connectivity index (χ4n) is 1.73. The van der Waals surface area contributed by atoms with Gasteiger partial charge < -0.3 is 10.1 Å². The molecule has 1 N–H and O–H groups in total. The molecule has 5 nitrogen and oxygen atoms in total. The number of ether oxygens (including phenoxy) is 1. The molecular formula is C14H15FN2O3S. The first kappa shape index (κ1) is 15.2. The summed E-state index contributed by atoms with van der Waals surface area (Å²) in [5.41, 5.74) is 0.765. The van der Waals surface area contributed by atoms with E-state index in [1.165, 1.54) is 19.2 Å². The maximum atomic E-state index is 13.7. The number of anilines is 1. The second-order valence-corrected chi connectivity index (χ2v) is 6.45. The third kappa shape index (κ3) is 3.91. The van der Waals surface area contributed by atoms with Crippen molar-refractivity contribution >= 4 is 15.5 Å². The number of halogens is 1. The number of benzene rings is 1. The van der Waals surface area contributed by atoms with Gasteiger partial charge in [0.15, 0.2) is 9.84 Å². The van der Waals surface area contributed by atoms with Gasteiger partial charge in [-0.05, 0) is 24.3 Å². The predicted molar refractivity (Wildman–Crippen MR) is 77.6 cm³/mol. The summed E-state index contributed by atoms with van der Waals surface area (Å²) in [4.78, 5) is 4.24. The van der Waals surface area contributed by atoms with Crippen LogP contribution in [-0.2, 0) is 16.4 Å². The van der Waals surface area contributed by atoms with Crippen molar-refractivity contribution in [2.45, 2.75) is 11.4 Å². The molecule has 0 fully saturated rings. The fourth-order valence-corrected chi connectivity index (χ4v) is 2.37. The highest BCUT2D eigenvalue weighted by Crippen LogP contribution is 2.20. The van der Waals surface area contributed by atoms with Crippen LogP contribution in [0, 0.1) is 5.82 Å². The van der Waals surface area contributed by atoms with Crippen molar-refractivity contribution in [2.75, 3.05) is 18.7 Å². The lowest BCUT2D eigenvalue weighted by molar-refractivity contribution is 0.396. The van der Waals surface area contributed by atoms with Crippen LogP contribution in [0.1, 0.15) is 5.69 Å². The molecule has 2 rings (SSSR count). The first-order chi connectivity index (χ1) is 9.90. The molecule has 0 unspecified atom stereocenters. The third-order valence-electron chi connectivity index (χ3n) is 2.82. The van der Waals surface area contributed by atoms with E-state index in [1.54, 1.807) is 18.2 Å². The summed E-state index contributed by atoms with van der Waals surface area (Å²) < 4.78 is 41.7.